The molecule has 1 fully saturated rings. The number of hydrogen-bond donors (Lipinski definition) is 1. The van der Waals surface area contributed by atoms with Crippen LogP contribution in [0.3, 0.4) is 0 Å². The summed E-state index contributed by atoms with van der Waals surface area (Å²) in [5.74, 6) is 0.713. The van der Waals surface area contributed by atoms with Crippen molar-refractivity contribution in [2.75, 3.05) is 23.5 Å². The van der Waals surface area contributed by atoms with Crippen molar-refractivity contribution < 1.29 is 14.3 Å². The van der Waals surface area contributed by atoms with Gasteiger partial charge >= 0.3 is 6.03 Å². The Hall–Kier alpha value is -3.65. The second-order valence-electron chi connectivity index (χ2n) is 9.64. The van der Waals surface area contributed by atoms with Gasteiger partial charge in [0.25, 0.3) is 5.91 Å². The number of methoxy groups -OCH3 is 1. The van der Waals surface area contributed by atoms with E-state index >= 15 is 0 Å². The van der Waals surface area contributed by atoms with E-state index in [2.05, 4.69) is 21.4 Å². The first-order chi connectivity index (χ1) is 17.9. The number of para-hydroxylation sites is 1. The summed E-state index contributed by atoms with van der Waals surface area (Å²) in [5.41, 5.74) is 3.98. The molecular weight excluding hydrogens is 490 g/mol. The molecule has 37 heavy (non-hydrogen) atoms. The van der Waals surface area contributed by atoms with Crippen LogP contribution in [0.4, 0.5) is 16.2 Å². The zero-order valence-corrected chi connectivity index (χ0v) is 21.7. The smallest absolute Gasteiger partial charge is 0.329 e. The summed E-state index contributed by atoms with van der Waals surface area (Å²) in [7, 11) is 1.57. The van der Waals surface area contributed by atoms with Crippen molar-refractivity contribution in [1.29, 1.82) is 0 Å². The Morgan fingerprint density at radius 3 is 2.62 bits per heavy atom. The van der Waals surface area contributed by atoms with E-state index in [4.69, 9.17) is 16.3 Å². The summed E-state index contributed by atoms with van der Waals surface area (Å²) in [6, 6.07) is 13.4. The summed E-state index contributed by atoms with van der Waals surface area (Å²) >= 11 is 6.04. The van der Waals surface area contributed by atoms with Gasteiger partial charge in [-0.3, -0.25) is 19.6 Å². The summed E-state index contributed by atoms with van der Waals surface area (Å²) in [5, 5.41) is 3.60. The number of hydrogen-bond acceptors (Lipinski definition) is 5. The van der Waals surface area contributed by atoms with E-state index in [1.165, 1.54) is 0 Å². The summed E-state index contributed by atoms with van der Waals surface area (Å²) in [6.07, 6.45) is 6.79. The largest absolute Gasteiger partial charge is 0.481 e. The molecule has 1 aliphatic carbocycles. The highest BCUT2D eigenvalue weighted by Gasteiger charge is 2.34. The fraction of sp³-hybridized carbons (Fsp3) is 0.357. The Morgan fingerprint density at radius 1 is 1.11 bits per heavy atom. The number of pyridine rings is 2. The van der Waals surface area contributed by atoms with Crippen LogP contribution < -0.4 is 19.9 Å². The van der Waals surface area contributed by atoms with Gasteiger partial charge in [-0.1, -0.05) is 29.8 Å². The molecule has 0 radical (unpaired) electrons. The minimum absolute atomic E-state index is 0.0509. The van der Waals surface area contributed by atoms with Crippen LogP contribution in [0.1, 0.15) is 47.3 Å². The van der Waals surface area contributed by atoms with Gasteiger partial charge in [-0.2, -0.15) is 0 Å². The zero-order valence-electron chi connectivity index (χ0n) is 21.0. The fourth-order valence-electron chi connectivity index (χ4n) is 5.17. The molecule has 8 nitrogen and oxygen atoms in total. The molecule has 1 aliphatic heterocycles. The Balaban J connectivity index is 1.25. The lowest BCUT2D eigenvalue weighted by atomic mass is 9.85. The van der Waals surface area contributed by atoms with E-state index in [0.717, 1.165) is 42.6 Å². The van der Waals surface area contributed by atoms with Crippen LogP contribution in [-0.4, -0.2) is 41.6 Å². The third-order valence-electron chi connectivity index (χ3n) is 7.24. The van der Waals surface area contributed by atoms with Gasteiger partial charge < -0.3 is 10.1 Å². The highest BCUT2D eigenvalue weighted by Crippen LogP contribution is 2.34. The number of fused-ring (bicyclic) bond motifs is 1. The minimum atomic E-state index is -0.139. The van der Waals surface area contributed by atoms with E-state index in [0.29, 0.717) is 41.2 Å². The molecule has 1 N–H and O–H groups in total. The quantitative estimate of drug-likeness (QED) is 0.472. The van der Waals surface area contributed by atoms with E-state index in [1.807, 2.05) is 29.2 Å². The molecule has 9 heteroatoms. The highest BCUT2D eigenvalue weighted by atomic mass is 35.5. The lowest BCUT2D eigenvalue weighted by molar-refractivity contribution is 0.0921. The normalized spacial score (nSPS) is 19.4. The molecule has 2 aliphatic rings. The standard InChI is InChI=1S/C28H30ClN5O3/c1-18-24(13-21(29)14-30-18)27(35)32-22-9-7-19(8-10-22)16-34-25-6-4-3-5-20(25)17-33(28(34)36)23-11-12-26(37-2)31-15-23/h3-6,11-15,19,22H,7-10,16-17H2,1-2H3,(H,32,35)/t19-,22-. The van der Waals surface area contributed by atoms with Crippen molar-refractivity contribution in [2.45, 2.75) is 45.2 Å². The Bertz CT molecular complexity index is 1290. The first-order valence-electron chi connectivity index (χ1n) is 12.5. The predicted octanol–water partition coefficient (Wildman–Crippen LogP) is 5.38. The molecule has 3 amide bonds. The average molecular weight is 520 g/mol. The van der Waals surface area contributed by atoms with Gasteiger partial charge in [0, 0.05) is 24.8 Å². The first kappa shape index (κ1) is 25.0. The molecule has 0 saturated heterocycles. The Labute approximate surface area is 221 Å². The molecule has 192 valence electrons. The Kier molecular flexibility index (Phi) is 7.28. The van der Waals surface area contributed by atoms with Crippen LogP contribution in [0.5, 0.6) is 5.88 Å². The van der Waals surface area contributed by atoms with Crippen LogP contribution in [0.2, 0.25) is 5.02 Å². The van der Waals surface area contributed by atoms with E-state index in [-0.39, 0.29) is 18.0 Å². The van der Waals surface area contributed by atoms with Crippen LogP contribution in [0.25, 0.3) is 0 Å². The maximum absolute atomic E-state index is 13.7. The zero-order chi connectivity index (χ0) is 25.9. The van der Waals surface area contributed by atoms with Crippen molar-refractivity contribution in [3.8, 4) is 5.88 Å². The van der Waals surface area contributed by atoms with Gasteiger partial charge in [0.05, 0.1) is 47.5 Å². The minimum Gasteiger partial charge on any atom is -0.481 e. The first-order valence-corrected chi connectivity index (χ1v) is 12.9. The number of rotatable bonds is 6. The number of benzene rings is 1. The monoisotopic (exact) mass is 519 g/mol. The van der Waals surface area contributed by atoms with Crippen molar-refractivity contribution in [3.63, 3.8) is 0 Å². The molecule has 0 spiro atoms. The summed E-state index contributed by atoms with van der Waals surface area (Å²) in [4.78, 5) is 38.6. The van der Waals surface area contributed by atoms with Crippen molar-refractivity contribution in [1.82, 2.24) is 15.3 Å². The molecule has 3 aromatic rings. The number of ether oxygens (including phenoxy) is 1. The SMILES string of the molecule is COc1ccc(N2Cc3ccccc3N(C[C@H]3CC[C@H](NC(=O)c4cc(Cl)cnc4C)CC3)C2=O)cn1. The second kappa shape index (κ2) is 10.8. The van der Waals surface area contributed by atoms with Gasteiger partial charge in [-0.05, 0) is 62.3 Å². The maximum Gasteiger partial charge on any atom is 0.329 e. The fourth-order valence-corrected chi connectivity index (χ4v) is 5.33. The van der Waals surface area contributed by atoms with Crippen LogP contribution in [0.15, 0.2) is 54.9 Å². The molecule has 3 heterocycles. The number of urea groups is 1. The van der Waals surface area contributed by atoms with E-state index in [9.17, 15) is 9.59 Å². The summed E-state index contributed by atoms with van der Waals surface area (Å²) < 4.78 is 5.17. The van der Waals surface area contributed by atoms with Gasteiger partial charge in [-0.15, -0.1) is 0 Å². The second-order valence-corrected chi connectivity index (χ2v) is 10.1. The molecular formula is C28H30ClN5O3. The number of carbonyl (C=O) groups is 2. The Morgan fingerprint density at radius 2 is 1.89 bits per heavy atom. The highest BCUT2D eigenvalue weighted by molar-refractivity contribution is 6.30. The predicted molar refractivity (Wildman–Crippen MR) is 143 cm³/mol. The molecule has 1 aromatic carbocycles. The molecule has 0 unspecified atom stereocenters. The number of carbonyl (C=O) groups excluding carboxylic acids is 2. The van der Waals surface area contributed by atoms with Gasteiger partial charge in [0.1, 0.15) is 0 Å². The summed E-state index contributed by atoms with van der Waals surface area (Å²) in [6.45, 7) is 2.94. The molecule has 5 rings (SSSR count). The number of anilines is 2. The number of aryl methyl sites for hydroxylation is 1. The lowest BCUT2D eigenvalue weighted by Gasteiger charge is -2.40. The van der Waals surface area contributed by atoms with Crippen molar-refractivity contribution in [2.24, 2.45) is 5.92 Å². The number of nitrogens with one attached hydrogen (secondary N) is 1. The van der Waals surface area contributed by atoms with Crippen molar-refractivity contribution >= 4 is 34.9 Å². The van der Waals surface area contributed by atoms with Gasteiger partial charge in [-0.25, -0.2) is 9.78 Å². The number of halogens is 1. The number of aromatic nitrogens is 2. The van der Waals surface area contributed by atoms with E-state index in [1.54, 1.807) is 43.5 Å². The van der Waals surface area contributed by atoms with Gasteiger partial charge in [0.2, 0.25) is 5.88 Å². The average Bonchev–Trinajstić information content (AvgIpc) is 2.92. The third kappa shape index (κ3) is 5.39. The van der Waals surface area contributed by atoms with Crippen LogP contribution >= 0.6 is 11.6 Å². The van der Waals surface area contributed by atoms with Crippen LogP contribution in [0, 0.1) is 12.8 Å². The van der Waals surface area contributed by atoms with Crippen molar-refractivity contribution in [3.05, 3.63) is 76.7 Å². The number of nitrogens with zero attached hydrogens (tertiary/aromatic N) is 4. The van der Waals surface area contributed by atoms with Gasteiger partial charge in [0.15, 0.2) is 0 Å². The van der Waals surface area contributed by atoms with E-state index < -0.39 is 0 Å². The number of amides is 3. The topological polar surface area (TPSA) is 87.7 Å². The van der Waals surface area contributed by atoms with Crippen LogP contribution in [-0.2, 0) is 6.54 Å². The lowest BCUT2D eigenvalue weighted by Crippen LogP contribution is -2.50. The molecule has 2 aromatic heterocycles. The third-order valence-corrected chi connectivity index (χ3v) is 7.44. The maximum atomic E-state index is 13.7. The molecule has 0 bridgehead atoms. The molecule has 1 saturated carbocycles. The molecule has 0 atom stereocenters.